The molecule has 0 aromatic heterocycles. The maximum absolute atomic E-state index is 14.0. The van der Waals surface area contributed by atoms with Crippen molar-refractivity contribution in [1.29, 1.82) is 0 Å². The van der Waals surface area contributed by atoms with E-state index in [9.17, 15) is 19.5 Å². The van der Waals surface area contributed by atoms with E-state index in [0.29, 0.717) is 0 Å². The van der Waals surface area contributed by atoms with Crippen molar-refractivity contribution in [1.82, 2.24) is 4.90 Å². The number of nitrogens with two attached hydrogens (primary N) is 1. The van der Waals surface area contributed by atoms with E-state index in [1.54, 1.807) is 0 Å². The molecule has 1 atom stereocenters. The first-order valence-electron chi connectivity index (χ1n) is 10.5. The fraction of sp³-hybridized carbons (Fsp3) is 0.192. The highest BCUT2D eigenvalue weighted by Gasteiger charge is 2.39. The molecule has 0 saturated carbocycles. The van der Waals surface area contributed by atoms with Crippen LogP contribution in [0.1, 0.15) is 35.4 Å². The Labute approximate surface area is 186 Å². The molecule has 0 fully saturated rings. The van der Waals surface area contributed by atoms with Crippen molar-refractivity contribution in [2.75, 3.05) is 0 Å². The monoisotopic (exact) mass is 428 g/mol. The molecule has 1 aliphatic carbocycles. The summed E-state index contributed by atoms with van der Waals surface area (Å²) in [5, 5.41) is 9.97. The Kier molecular flexibility index (Phi) is 6.03. The van der Waals surface area contributed by atoms with Crippen LogP contribution in [0.15, 0.2) is 78.9 Å². The first kappa shape index (κ1) is 21.3. The summed E-state index contributed by atoms with van der Waals surface area (Å²) in [6, 6.07) is 23.5. The first-order chi connectivity index (χ1) is 15.5. The van der Waals surface area contributed by atoms with Crippen LogP contribution in [0.4, 0.5) is 0 Å². The minimum Gasteiger partial charge on any atom is -0.480 e. The molecular formula is C26H24N2O4. The fourth-order valence-corrected chi connectivity index (χ4v) is 4.40. The number of nitrogens with zero attached hydrogens (tertiary/aromatic N) is 1. The minimum atomic E-state index is -1.17. The summed E-state index contributed by atoms with van der Waals surface area (Å²) in [7, 11) is 0. The Bertz CT molecular complexity index is 1110. The highest BCUT2D eigenvalue weighted by Crippen LogP contribution is 2.45. The number of carboxylic acids is 1. The number of hydrogen-bond acceptors (Lipinski definition) is 3. The summed E-state index contributed by atoms with van der Waals surface area (Å²) >= 11 is 0. The van der Waals surface area contributed by atoms with Gasteiger partial charge in [0.1, 0.15) is 6.04 Å². The molecule has 6 nitrogen and oxygen atoms in total. The Morgan fingerprint density at radius 3 is 1.91 bits per heavy atom. The summed E-state index contributed by atoms with van der Waals surface area (Å²) in [6.07, 6.45) is -0.160. The van der Waals surface area contributed by atoms with Crippen LogP contribution < -0.4 is 5.73 Å². The molecule has 3 aromatic rings. The Morgan fingerprint density at radius 2 is 1.38 bits per heavy atom. The molecule has 0 radical (unpaired) electrons. The van der Waals surface area contributed by atoms with Crippen molar-refractivity contribution in [2.24, 2.45) is 5.73 Å². The Balaban J connectivity index is 1.77. The zero-order chi connectivity index (χ0) is 22.7. The first-order valence-corrected chi connectivity index (χ1v) is 10.5. The van der Waals surface area contributed by atoms with Crippen LogP contribution in [-0.4, -0.2) is 33.8 Å². The van der Waals surface area contributed by atoms with Gasteiger partial charge in [0.05, 0.1) is 5.92 Å². The van der Waals surface area contributed by atoms with Crippen molar-refractivity contribution in [2.45, 2.75) is 31.3 Å². The molecule has 0 saturated heterocycles. The van der Waals surface area contributed by atoms with Crippen molar-refractivity contribution in [3.05, 3.63) is 95.6 Å². The van der Waals surface area contributed by atoms with Crippen molar-refractivity contribution in [3.63, 3.8) is 0 Å². The van der Waals surface area contributed by atoms with Crippen LogP contribution in [0, 0.1) is 0 Å². The maximum Gasteiger partial charge on any atom is 0.326 e. The highest BCUT2D eigenvalue weighted by molar-refractivity contribution is 5.97. The Morgan fingerprint density at radius 1 is 0.844 bits per heavy atom. The predicted molar refractivity (Wildman–Crippen MR) is 121 cm³/mol. The van der Waals surface area contributed by atoms with Gasteiger partial charge in [-0.25, -0.2) is 4.79 Å². The van der Waals surface area contributed by atoms with E-state index in [2.05, 4.69) is 0 Å². The number of carboxylic acid groups (broad SMARTS) is 1. The van der Waals surface area contributed by atoms with E-state index in [0.717, 1.165) is 27.8 Å². The van der Waals surface area contributed by atoms with Gasteiger partial charge < -0.3 is 15.7 Å². The van der Waals surface area contributed by atoms with Crippen LogP contribution >= 0.6 is 0 Å². The SMILES string of the molecule is NC(=O)CC[C@@H](C(=O)O)N(Cc1ccccc1)C(=O)C1c2ccccc2-c2ccccc21. The summed E-state index contributed by atoms with van der Waals surface area (Å²) < 4.78 is 0. The van der Waals surface area contributed by atoms with Crippen LogP contribution in [0.2, 0.25) is 0 Å². The molecule has 32 heavy (non-hydrogen) atoms. The normalized spacial score (nSPS) is 13.1. The molecule has 2 amide bonds. The lowest BCUT2D eigenvalue weighted by molar-refractivity contribution is -0.151. The standard InChI is InChI=1S/C26H24N2O4/c27-23(29)15-14-22(26(31)32)28(16-17-8-2-1-3-9-17)25(30)24-20-12-6-4-10-18(20)19-11-5-7-13-21(19)24/h1-13,22,24H,14-16H2,(H2,27,29)(H,31,32)/t22-/m0/s1. The quantitative estimate of drug-likeness (QED) is 0.573. The summed E-state index contributed by atoms with van der Waals surface area (Å²) in [4.78, 5) is 39.0. The number of primary amides is 1. The average Bonchev–Trinajstić information content (AvgIpc) is 3.13. The Hall–Kier alpha value is -3.93. The molecule has 1 aliphatic rings. The summed E-state index contributed by atoms with van der Waals surface area (Å²) in [5.74, 6) is -2.67. The number of fused-ring (bicyclic) bond motifs is 3. The lowest BCUT2D eigenvalue weighted by atomic mass is 9.93. The summed E-state index contributed by atoms with van der Waals surface area (Å²) in [5.41, 5.74) is 9.76. The second-order valence-electron chi connectivity index (χ2n) is 7.92. The topological polar surface area (TPSA) is 101 Å². The number of aliphatic carboxylic acids is 1. The van der Waals surface area contributed by atoms with Crippen LogP contribution in [0.5, 0.6) is 0 Å². The number of carbonyl (C=O) groups is 3. The van der Waals surface area contributed by atoms with Gasteiger partial charge >= 0.3 is 5.97 Å². The number of amides is 2. The van der Waals surface area contributed by atoms with E-state index < -0.39 is 23.8 Å². The van der Waals surface area contributed by atoms with Crippen LogP contribution in [-0.2, 0) is 20.9 Å². The highest BCUT2D eigenvalue weighted by atomic mass is 16.4. The molecule has 3 aromatic carbocycles. The van der Waals surface area contributed by atoms with Crippen LogP contribution in [0.3, 0.4) is 0 Å². The van der Waals surface area contributed by atoms with Crippen molar-refractivity contribution < 1.29 is 19.5 Å². The van der Waals surface area contributed by atoms with Gasteiger partial charge in [-0.05, 0) is 34.2 Å². The molecule has 0 spiro atoms. The van der Waals surface area contributed by atoms with Gasteiger partial charge in [-0.3, -0.25) is 9.59 Å². The number of benzene rings is 3. The average molecular weight is 428 g/mol. The van der Waals surface area contributed by atoms with Crippen molar-refractivity contribution >= 4 is 17.8 Å². The number of rotatable bonds is 8. The van der Waals surface area contributed by atoms with E-state index in [4.69, 9.17) is 5.73 Å². The van der Waals surface area contributed by atoms with E-state index in [1.165, 1.54) is 4.90 Å². The van der Waals surface area contributed by atoms with Crippen LogP contribution in [0.25, 0.3) is 11.1 Å². The molecule has 162 valence electrons. The van der Waals surface area contributed by atoms with E-state index in [1.807, 2.05) is 78.9 Å². The smallest absolute Gasteiger partial charge is 0.326 e. The lowest BCUT2D eigenvalue weighted by Gasteiger charge is -2.32. The van der Waals surface area contributed by atoms with Gasteiger partial charge in [-0.1, -0.05) is 78.9 Å². The van der Waals surface area contributed by atoms with Gasteiger partial charge in [0.15, 0.2) is 0 Å². The zero-order valence-corrected chi connectivity index (χ0v) is 17.5. The fourth-order valence-electron chi connectivity index (χ4n) is 4.40. The molecule has 6 heteroatoms. The van der Waals surface area contributed by atoms with Gasteiger partial charge in [0, 0.05) is 13.0 Å². The minimum absolute atomic E-state index is 0.0424. The molecule has 0 unspecified atom stereocenters. The molecule has 3 N–H and O–H groups in total. The molecule has 0 heterocycles. The molecule has 0 aliphatic heterocycles. The maximum atomic E-state index is 14.0. The van der Waals surface area contributed by atoms with Gasteiger partial charge in [0.25, 0.3) is 0 Å². The third-order valence-corrected chi connectivity index (χ3v) is 5.88. The number of carbonyl (C=O) groups excluding carboxylic acids is 2. The summed E-state index contributed by atoms with van der Waals surface area (Å²) in [6.45, 7) is 0.121. The second-order valence-corrected chi connectivity index (χ2v) is 7.92. The van der Waals surface area contributed by atoms with E-state index >= 15 is 0 Å². The molecule has 4 rings (SSSR count). The predicted octanol–water partition coefficient (Wildman–Crippen LogP) is 3.55. The second kappa shape index (κ2) is 9.06. The molecule has 0 bridgehead atoms. The lowest BCUT2D eigenvalue weighted by Crippen LogP contribution is -2.47. The third-order valence-electron chi connectivity index (χ3n) is 5.88. The van der Waals surface area contributed by atoms with Gasteiger partial charge in [0.2, 0.25) is 11.8 Å². The van der Waals surface area contributed by atoms with Crippen molar-refractivity contribution in [3.8, 4) is 11.1 Å². The van der Waals surface area contributed by atoms with Gasteiger partial charge in [-0.2, -0.15) is 0 Å². The third kappa shape index (κ3) is 4.12. The van der Waals surface area contributed by atoms with E-state index in [-0.39, 0.29) is 25.3 Å². The zero-order valence-electron chi connectivity index (χ0n) is 17.5. The molecular weight excluding hydrogens is 404 g/mol. The van der Waals surface area contributed by atoms with Gasteiger partial charge in [-0.15, -0.1) is 0 Å². The number of hydrogen-bond donors (Lipinski definition) is 2. The largest absolute Gasteiger partial charge is 0.480 e.